The summed E-state index contributed by atoms with van der Waals surface area (Å²) in [6.45, 7) is 2.04. The number of rotatable bonds is 8. The van der Waals surface area contributed by atoms with Gasteiger partial charge < -0.3 is 19.4 Å². The number of hydrogen-bond acceptors (Lipinski definition) is 4. The Labute approximate surface area is 173 Å². The van der Waals surface area contributed by atoms with Gasteiger partial charge in [-0.1, -0.05) is 18.2 Å². The number of likely N-dealkylation sites (N-methyl/N-ethyl adjacent to an activating group) is 2. The fourth-order valence-corrected chi connectivity index (χ4v) is 2.51. The second-order valence-electron chi connectivity index (χ2n) is 6.01. The van der Waals surface area contributed by atoms with E-state index >= 15 is 0 Å². The third-order valence-electron chi connectivity index (χ3n) is 3.96. The molecule has 2 rings (SSSR count). The molecule has 1 unspecified atom stereocenters. The zero-order valence-corrected chi connectivity index (χ0v) is 18.2. The lowest BCUT2D eigenvalue weighted by Crippen LogP contribution is -2.44. The molecule has 0 radical (unpaired) electrons. The maximum atomic E-state index is 5.75. The van der Waals surface area contributed by atoms with Crippen molar-refractivity contribution in [2.75, 3.05) is 47.9 Å². The second kappa shape index (κ2) is 11.8. The average Bonchev–Trinajstić information content (AvgIpc) is 3.13. The molecule has 1 heterocycles. The van der Waals surface area contributed by atoms with E-state index in [-0.39, 0.29) is 30.0 Å². The normalized spacial score (nSPS) is 12.4. The Balaban J connectivity index is 0.00000338. The highest BCUT2D eigenvalue weighted by Crippen LogP contribution is 2.17. The Morgan fingerprint density at radius 2 is 1.88 bits per heavy atom. The van der Waals surface area contributed by atoms with Crippen molar-refractivity contribution in [3.05, 3.63) is 54.5 Å². The summed E-state index contributed by atoms with van der Waals surface area (Å²) in [6, 6.07) is 13.9. The Kier molecular flexibility index (Phi) is 10.1. The molecule has 1 aromatic carbocycles. The molecule has 0 bridgehead atoms. The van der Waals surface area contributed by atoms with E-state index in [1.165, 1.54) is 0 Å². The van der Waals surface area contributed by atoms with Crippen LogP contribution in [0.15, 0.2) is 58.1 Å². The summed E-state index contributed by atoms with van der Waals surface area (Å²) in [4.78, 5) is 8.53. The van der Waals surface area contributed by atoms with Gasteiger partial charge in [-0.3, -0.25) is 9.89 Å². The second-order valence-corrected chi connectivity index (χ2v) is 6.01. The van der Waals surface area contributed by atoms with Crippen molar-refractivity contribution in [3.8, 4) is 5.75 Å². The van der Waals surface area contributed by atoms with Gasteiger partial charge in [-0.15, -0.1) is 24.0 Å². The predicted molar refractivity (Wildman–Crippen MR) is 116 cm³/mol. The summed E-state index contributed by atoms with van der Waals surface area (Å²) in [6.07, 6.45) is 1.70. The highest BCUT2D eigenvalue weighted by molar-refractivity contribution is 14.0. The number of para-hydroxylation sites is 1. The molecule has 0 aliphatic heterocycles. The molecule has 0 spiro atoms. The highest BCUT2D eigenvalue weighted by atomic mass is 127. The van der Waals surface area contributed by atoms with E-state index < -0.39 is 0 Å². The molecule has 1 atom stereocenters. The van der Waals surface area contributed by atoms with Gasteiger partial charge in [0.1, 0.15) is 18.1 Å². The minimum atomic E-state index is 0. The molecule has 2 aromatic rings. The standard InChI is InChI=1S/C19H28N4O2.HI/c1-20-19(21-15-17(22(2)3)18-11-8-13-25-18)23(4)12-14-24-16-9-6-5-7-10-16;/h5-11,13,17H,12,14-15H2,1-4H3,(H,20,21);1H. The largest absolute Gasteiger partial charge is 0.492 e. The van der Waals surface area contributed by atoms with Gasteiger partial charge in [0.2, 0.25) is 0 Å². The van der Waals surface area contributed by atoms with E-state index in [1.807, 2.05) is 63.6 Å². The minimum Gasteiger partial charge on any atom is -0.492 e. The summed E-state index contributed by atoms with van der Waals surface area (Å²) >= 11 is 0. The SMILES string of the molecule is CN=C(NCC(c1ccco1)N(C)C)N(C)CCOc1ccccc1.I. The van der Waals surface area contributed by atoms with Gasteiger partial charge in [-0.2, -0.15) is 0 Å². The topological polar surface area (TPSA) is 53.2 Å². The van der Waals surface area contributed by atoms with Crippen LogP contribution >= 0.6 is 24.0 Å². The molecular weight excluding hydrogens is 443 g/mol. The smallest absolute Gasteiger partial charge is 0.193 e. The van der Waals surface area contributed by atoms with Crippen molar-refractivity contribution in [2.45, 2.75) is 6.04 Å². The van der Waals surface area contributed by atoms with E-state index in [4.69, 9.17) is 9.15 Å². The van der Waals surface area contributed by atoms with Crippen molar-refractivity contribution in [1.82, 2.24) is 15.1 Å². The van der Waals surface area contributed by atoms with E-state index in [0.717, 1.165) is 24.0 Å². The van der Waals surface area contributed by atoms with Crippen molar-refractivity contribution in [3.63, 3.8) is 0 Å². The van der Waals surface area contributed by atoms with Crippen LogP contribution in [0.2, 0.25) is 0 Å². The lowest BCUT2D eigenvalue weighted by atomic mass is 10.2. The van der Waals surface area contributed by atoms with Crippen LogP contribution in [-0.4, -0.2) is 63.6 Å². The van der Waals surface area contributed by atoms with Crippen LogP contribution in [0, 0.1) is 0 Å². The first-order valence-corrected chi connectivity index (χ1v) is 8.41. The Morgan fingerprint density at radius 3 is 2.46 bits per heavy atom. The quantitative estimate of drug-likeness (QED) is 0.364. The third kappa shape index (κ3) is 6.87. The molecule has 1 N–H and O–H groups in total. The van der Waals surface area contributed by atoms with Crippen molar-refractivity contribution < 1.29 is 9.15 Å². The molecule has 7 heteroatoms. The summed E-state index contributed by atoms with van der Waals surface area (Å²) in [5.41, 5.74) is 0. The van der Waals surface area contributed by atoms with E-state index in [0.29, 0.717) is 13.2 Å². The van der Waals surface area contributed by atoms with Crippen LogP contribution in [0.5, 0.6) is 5.75 Å². The number of nitrogens with zero attached hydrogens (tertiary/aromatic N) is 3. The number of hydrogen-bond donors (Lipinski definition) is 1. The van der Waals surface area contributed by atoms with Crippen molar-refractivity contribution >= 4 is 29.9 Å². The van der Waals surface area contributed by atoms with E-state index in [1.54, 1.807) is 13.3 Å². The number of halogens is 1. The zero-order valence-electron chi connectivity index (χ0n) is 15.9. The highest BCUT2D eigenvalue weighted by Gasteiger charge is 2.18. The van der Waals surface area contributed by atoms with Crippen LogP contribution in [-0.2, 0) is 0 Å². The van der Waals surface area contributed by atoms with Crippen LogP contribution in [0.1, 0.15) is 11.8 Å². The predicted octanol–water partition coefficient (Wildman–Crippen LogP) is 3.09. The van der Waals surface area contributed by atoms with E-state index in [2.05, 4.69) is 20.1 Å². The summed E-state index contributed by atoms with van der Waals surface area (Å²) < 4.78 is 11.3. The van der Waals surface area contributed by atoms with Crippen molar-refractivity contribution in [2.24, 2.45) is 4.99 Å². The molecule has 6 nitrogen and oxygen atoms in total. The molecule has 0 fully saturated rings. The average molecular weight is 472 g/mol. The van der Waals surface area contributed by atoms with Gasteiger partial charge in [-0.25, -0.2) is 0 Å². The maximum Gasteiger partial charge on any atom is 0.193 e. The molecule has 26 heavy (non-hydrogen) atoms. The number of guanidine groups is 1. The van der Waals surface area contributed by atoms with Gasteiger partial charge in [0.15, 0.2) is 5.96 Å². The number of furan rings is 1. The fourth-order valence-electron chi connectivity index (χ4n) is 2.51. The maximum absolute atomic E-state index is 5.75. The van der Waals surface area contributed by atoms with Gasteiger partial charge in [0.25, 0.3) is 0 Å². The molecule has 0 aliphatic rings. The molecule has 144 valence electrons. The van der Waals surface area contributed by atoms with Crippen LogP contribution in [0.3, 0.4) is 0 Å². The van der Waals surface area contributed by atoms with Gasteiger partial charge in [0, 0.05) is 20.6 Å². The monoisotopic (exact) mass is 472 g/mol. The zero-order chi connectivity index (χ0) is 18.1. The number of aliphatic imine (C=N–C) groups is 1. The first kappa shape index (κ1) is 22.3. The summed E-state index contributed by atoms with van der Waals surface area (Å²) in [5, 5.41) is 3.41. The Bertz CT molecular complexity index is 632. The van der Waals surface area contributed by atoms with Gasteiger partial charge in [-0.05, 0) is 38.4 Å². The van der Waals surface area contributed by atoms with Crippen LogP contribution in [0.25, 0.3) is 0 Å². The van der Waals surface area contributed by atoms with Crippen molar-refractivity contribution in [1.29, 1.82) is 0 Å². The molecular formula is C19H29IN4O2. The lowest BCUT2D eigenvalue weighted by Gasteiger charge is -2.27. The molecule has 1 aromatic heterocycles. The minimum absolute atomic E-state index is 0. The Morgan fingerprint density at radius 1 is 1.15 bits per heavy atom. The first-order chi connectivity index (χ1) is 12.1. The first-order valence-electron chi connectivity index (χ1n) is 8.41. The number of nitrogens with one attached hydrogen (secondary N) is 1. The fraction of sp³-hybridized carbons (Fsp3) is 0.421. The molecule has 0 saturated heterocycles. The van der Waals surface area contributed by atoms with Gasteiger partial charge >= 0.3 is 0 Å². The Hall–Kier alpha value is -1.74. The summed E-state index contributed by atoms with van der Waals surface area (Å²) in [7, 11) is 7.86. The van der Waals surface area contributed by atoms with Crippen LogP contribution in [0.4, 0.5) is 0 Å². The molecule has 0 aliphatic carbocycles. The number of ether oxygens (including phenoxy) is 1. The third-order valence-corrected chi connectivity index (χ3v) is 3.96. The van der Waals surface area contributed by atoms with Crippen LogP contribution < -0.4 is 10.1 Å². The molecule has 0 amide bonds. The van der Waals surface area contributed by atoms with E-state index in [9.17, 15) is 0 Å². The lowest BCUT2D eigenvalue weighted by molar-refractivity contribution is 0.253. The molecule has 0 saturated carbocycles. The summed E-state index contributed by atoms with van der Waals surface area (Å²) in [5.74, 6) is 2.64. The van der Waals surface area contributed by atoms with Gasteiger partial charge in [0.05, 0.1) is 18.8 Å². The number of benzene rings is 1.